The molecule has 1 unspecified atom stereocenters. The Morgan fingerprint density at radius 2 is 2.19 bits per heavy atom. The maximum Gasteiger partial charge on any atom is 0.225 e. The molecule has 1 amide bonds. The Balaban J connectivity index is 1.84. The molecule has 5 heteroatoms. The summed E-state index contributed by atoms with van der Waals surface area (Å²) in [7, 11) is 0. The number of rotatable bonds is 3. The Bertz CT molecular complexity index is 509. The summed E-state index contributed by atoms with van der Waals surface area (Å²) in [5.74, 6) is -0.195. The van der Waals surface area contributed by atoms with Gasteiger partial charge in [-0.15, -0.1) is 0 Å². The summed E-state index contributed by atoms with van der Waals surface area (Å²) < 4.78 is 19.0. The van der Waals surface area contributed by atoms with Gasteiger partial charge >= 0.3 is 0 Å². The van der Waals surface area contributed by atoms with Crippen molar-refractivity contribution in [1.82, 2.24) is 10.6 Å². The van der Waals surface area contributed by atoms with Gasteiger partial charge in [-0.2, -0.15) is 0 Å². The number of hydrogen-bond donors (Lipinski definition) is 2. The summed E-state index contributed by atoms with van der Waals surface area (Å²) in [5, 5.41) is 6.40. The van der Waals surface area contributed by atoms with Gasteiger partial charge in [0.2, 0.25) is 5.91 Å². The first-order valence-corrected chi connectivity index (χ1v) is 7.56. The smallest absolute Gasteiger partial charge is 0.225 e. The molecule has 0 spiro atoms. The van der Waals surface area contributed by atoms with E-state index in [-0.39, 0.29) is 17.6 Å². The van der Waals surface area contributed by atoms with Crippen LogP contribution in [0.3, 0.4) is 0 Å². The number of carbonyl (C=O) groups excluding carboxylic acids is 1. The van der Waals surface area contributed by atoms with Crippen LogP contribution in [0.2, 0.25) is 0 Å². The highest BCUT2D eigenvalue weighted by molar-refractivity contribution is 5.80. The van der Waals surface area contributed by atoms with Crippen molar-refractivity contribution < 1.29 is 13.9 Å². The quantitative estimate of drug-likeness (QED) is 0.889. The van der Waals surface area contributed by atoms with E-state index in [0.717, 1.165) is 25.1 Å². The van der Waals surface area contributed by atoms with Crippen LogP contribution in [0, 0.1) is 11.7 Å². The van der Waals surface area contributed by atoms with Crippen molar-refractivity contribution in [1.29, 1.82) is 0 Å². The molecule has 2 N–H and O–H groups in total. The van der Waals surface area contributed by atoms with Crippen LogP contribution in [0.15, 0.2) is 24.3 Å². The maximum atomic E-state index is 13.6. The molecule has 1 atom stereocenters. The molecule has 2 fully saturated rings. The molecule has 2 saturated heterocycles. The van der Waals surface area contributed by atoms with Gasteiger partial charge in [0.25, 0.3) is 0 Å². The fourth-order valence-corrected chi connectivity index (χ4v) is 3.21. The van der Waals surface area contributed by atoms with Crippen molar-refractivity contribution in [3.63, 3.8) is 0 Å². The molecule has 3 rings (SSSR count). The second-order valence-corrected chi connectivity index (χ2v) is 5.88. The second-order valence-electron chi connectivity index (χ2n) is 5.88. The molecule has 2 aliphatic heterocycles. The van der Waals surface area contributed by atoms with Gasteiger partial charge in [0.1, 0.15) is 5.82 Å². The lowest BCUT2D eigenvalue weighted by molar-refractivity contribution is -0.128. The third-order valence-corrected chi connectivity index (χ3v) is 4.52. The number of benzene rings is 1. The van der Waals surface area contributed by atoms with Crippen molar-refractivity contribution in [2.75, 3.05) is 26.3 Å². The largest absolute Gasteiger partial charge is 0.381 e. The summed E-state index contributed by atoms with van der Waals surface area (Å²) in [6, 6.07) is 6.55. The maximum absolute atomic E-state index is 13.6. The Labute approximate surface area is 124 Å². The zero-order valence-electron chi connectivity index (χ0n) is 12.0. The van der Waals surface area contributed by atoms with Crippen molar-refractivity contribution >= 4 is 5.91 Å². The zero-order chi connectivity index (χ0) is 14.7. The molecular weight excluding hydrogens is 271 g/mol. The average molecular weight is 292 g/mol. The third kappa shape index (κ3) is 3.09. The standard InChI is InChI=1S/C16H21FN2O2/c17-14-3-1-2-13(10-14)16(5-8-21-9-6-16)19-15(20)12-4-7-18-11-12/h1-3,10,12,18H,4-9,11H2,(H,19,20). The van der Waals surface area contributed by atoms with Gasteiger partial charge in [-0.05, 0) is 43.5 Å². The minimum atomic E-state index is -0.500. The molecular formula is C16H21FN2O2. The van der Waals surface area contributed by atoms with E-state index in [0.29, 0.717) is 26.1 Å². The molecule has 0 aliphatic carbocycles. The second kappa shape index (κ2) is 6.12. The van der Waals surface area contributed by atoms with Crippen molar-refractivity contribution in [2.45, 2.75) is 24.8 Å². The predicted molar refractivity (Wildman–Crippen MR) is 77.3 cm³/mol. The fourth-order valence-electron chi connectivity index (χ4n) is 3.21. The molecule has 1 aromatic carbocycles. The van der Waals surface area contributed by atoms with Crippen LogP contribution in [0.25, 0.3) is 0 Å². The molecule has 2 heterocycles. The number of carbonyl (C=O) groups is 1. The van der Waals surface area contributed by atoms with Crippen LogP contribution in [0.4, 0.5) is 4.39 Å². The molecule has 0 aromatic heterocycles. The van der Waals surface area contributed by atoms with Crippen molar-refractivity contribution in [2.24, 2.45) is 5.92 Å². The van der Waals surface area contributed by atoms with E-state index >= 15 is 0 Å². The first-order chi connectivity index (χ1) is 10.2. The first kappa shape index (κ1) is 14.5. The topological polar surface area (TPSA) is 50.4 Å². The van der Waals surface area contributed by atoms with Crippen LogP contribution in [-0.2, 0) is 15.1 Å². The molecule has 0 radical (unpaired) electrons. The number of ether oxygens (including phenoxy) is 1. The lowest BCUT2D eigenvalue weighted by Gasteiger charge is -2.39. The van der Waals surface area contributed by atoms with Gasteiger partial charge in [-0.1, -0.05) is 12.1 Å². The van der Waals surface area contributed by atoms with Gasteiger partial charge in [-0.25, -0.2) is 4.39 Å². The lowest BCUT2D eigenvalue weighted by Crippen LogP contribution is -2.51. The number of halogens is 1. The summed E-state index contributed by atoms with van der Waals surface area (Å²) in [5.41, 5.74) is 0.338. The zero-order valence-corrected chi connectivity index (χ0v) is 12.0. The molecule has 0 bridgehead atoms. The van der Waals surface area contributed by atoms with Gasteiger partial charge in [0, 0.05) is 19.8 Å². The van der Waals surface area contributed by atoms with Crippen LogP contribution >= 0.6 is 0 Å². The monoisotopic (exact) mass is 292 g/mol. The Hall–Kier alpha value is -1.46. The van der Waals surface area contributed by atoms with E-state index in [1.54, 1.807) is 6.07 Å². The Morgan fingerprint density at radius 1 is 1.38 bits per heavy atom. The van der Waals surface area contributed by atoms with Crippen LogP contribution < -0.4 is 10.6 Å². The van der Waals surface area contributed by atoms with Crippen LogP contribution in [0.1, 0.15) is 24.8 Å². The van der Waals surface area contributed by atoms with Crippen molar-refractivity contribution in [3.05, 3.63) is 35.6 Å². The summed E-state index contributed by atoms with van der Waals surface area (Å²) in [6.07, 6.45) is 2.23. The van der Waals surface area contributed by atoms with Crippen LogP contribution in [0.5, 0.6) is 0 Å². The number of nitrogens with one attached hydrogen (secondary N) is 2. The van der Waals surface area contributed by atoms with Crippen molar-refractivity contribution in [3.8, 4) is 0 Å². The van der Waals surface area contributed by atoms with E-state index in [1.165, 1.54) is 12.1 Å². The molecule has 0 saturated carbocycles. The normalized spacial score (nSPS) is 24.7. The number of amides is 1. The first-order valence-electron chi connectivity index (χ1n) is 7.56. The van der Waals surface area contributed by atoms with Gasteiger partial charge < -0.3 is 15.4 Å². The van der Waals surface area contributed by atoms with Gasteiger partial charge in [-0.3, -0.25) is 4.79 Å². The Kier molecular flexibility index (Phi) is 4.22. The van der Waals surface area contributed by atoms with Gasteiger partial charge in [0.05, 0.1) is 11.5 Å². The Morgan fingerprint density at radius 3 is 2.86 bits per heavy atom. The summed E-state index contributed by atoms with van der Waals surface area (Å²) >= 11 is 0. The predicted octanol–water partition coefficient (Wildman–Crippen LogP) is 1.56. The summed E-state index contributed by atoms with van der Waals surface area (Å²) in [4.78, 5) is 12.5. The fraction of sp³-hybridized carbons (Fsp3) is 0.562. The minimum absolute atomic E-state index is 0.0123. The minimum Gasteiger partial charge on any atom is -0.381 e. The highest BCUT2D eigenvalue weighted by Crippen LogP contribution is 2.33. The molecule has 114 valence electrons. The average Bonchev–Trinajstić information content (AvgIpc) is 3.02. The number of hydrogen-bond acceptors (Lipinski definition) is 3. The molecule has 21 heavy (non-hydrogen) atoms. The summed E-state index contributed by atoms with van der Waals surface area (Å²) in [6.45, 7) is 2.77. The van der Waals surface area contributed by atoms with E-state index < -0.39 is 5.54 Å². The third-order valence-electron chi connectivity index (χ3n) is 4.52. The highest BCUT2D eigenvalue weighted by Gasteiger charge is 2.38. The molecule has 1 aromatic rings. The lowest BCUT2D eigenvalue weighted by atomic mass is 9.82. The van der Waals surface area contributed by atoms with E-state index in [9.17, 15) is 9.18 Å². The van der Waals surface area contributed by atoms with Crippen LogP contribution in [-0.4, -0.2) is 32.2 Å². The van der Waals surface area contributed by atoms with Gasteiger partial charge in [0.15, 0.2) is 0 Å². The van der Waals surface area contributed by atoms with E-state index in [1.807, 2.05) is 6.07 Å². The van der Waals surface area contributed by atoms with E-state index in [2.05, 4.69) is 10.6 Å². The highest BCUT2D eigenvalue weighted by atomic mass is 19.1. The SMILES string of the molecule is O=C(NC1(c2cccc(F)c2)CCOCC1)C1CCNC1. The molecule has 4 nitrogen and oxygen atoms in total. The van der Waals surface area contributed by atoms with E-state index in [4.69, 9.17) is 4.74 Å². The molecule has 2 aliphatic rings.